The van der Waals surface area contributed by atoms with Gasteiger partial charge in [-0.2, -0.15) is 0 Å². The fourth-order valence-electron chi connectivity index (χ4n) is 1.71. The van der Waals surface area contributed by atoms with Crippen molar-refractivity contribution in [1.29, 1.82) is 0 Å². The lowest BCUT2D eigenvalue weighted by atomic mass is 10.8. The second-order valence-electron chi connectivity index (χ2n) is 5.31. The van der Waals surface area contributed by atoms with Gasteiger partial charge in [-0.3, -0.25) is 0 Å². The van der Waals surface area contributed by atoms with Crippen LogP contribution < -0.4 is 0 Å². The van der Waals surface area contributed by atoms with Gasteiger partial charge in [0.25, 0.3) is 9.28 Å². The van der Waals surface area contributed by atoms with Crippen molar-refractivity contribution in [2.45, 2.75) is 44.8 Å². The van der Waals surface area contributed by atoms with Crippen LogP contribution in [0.1, 0.15) is 0 Å². The van der Waals surface area contributed by atoms with E-state index in [-0.39, 0.29) is 0 Å². The molecule has 0 radical (unpaired) electrons. The number of allylic oxidation sites excluding steroid dienone is 2. The van der Waals surface area contributed by atoms with Crippen molar-refractivity contribution < 1.29 is 8.23 Å². The average molecular weight is 275 g/mol. The highest BCUT2D eigenvalue weighted by Crippen LogP contribution is 2.18. The van der Waals surface area contributed by atoms with Gasteiger partial charge in [0.2, 0.25) is 0 Å². The third-order valence-electron chi connectivity index (χ3n) is 2.24. The minimum atomic E-state index is -1.57. The normalized spacial score (nSPS) is 12.9. The van der Waals surface area contributed by atoms with E-state index >= 15 is 0 Å². The van der Waals surface area contributed by atoms with Gasteiger partial charge in [-0.05, 0) is 44.8 Å². The monoisotopic (exact) mass is 274 g/mol. The molecule has 0 saturated carbocycles. The molecule has 5 heteroatoms. The maximum absolute atomic E-state index is 6.15. The quantitative estimate of drug-likeness (QED) is 0.497. The Hall–Kier alpha value is 0.0506. The van der Waals surface area contributed by atoms with Crippen molar-refractivity contribution in [3.05, 3.63) is 25.3 Å². The molecule has 0 bridgehead atoms. The molecule has 0 aliphatic heterocycles. The molecular weight excluding hydrogens is 248 g/mol. The summed E-state index contributed by atoms with van der Waals surface area (Å²) < 4.78 is 12.3. The van der Waals surface area contributed by atoms with Gasteiger partial charge in [-0.15, -0.1) is 13.2 Å². The lowest BCUT2D eigenvalue weighted by Crippen LogP contribution is -2.43. The largest absolute Gasteiger partial charge is 0.438 e. The minimum absolute atomic E-state index is 0.997. The zero-order valence-corrected chi connectivity index (χ0v) is 14.5. The molecule has 0 fully saturated rings. The van der Waals surface area contributed by atoms with Crippen LogP contribution in [0.3, 0.4) is 0 Å². The third-order valence-corrected chi connectivity index (χ3v) is 12.5. The van der Waals surface area contributed by atoms with Crippen LogP contribution in [0.5, 0.6) is 0 Å². The summed E-state index contributed by atoms with van der Waals surface area (Å²) in [4.78, 5) is 0. The Balaban J connectivity index is 4.21. The molecule has 0 saturated heterocycles. The van der Waals surface area contributed by atoms with E-state index in [1.807, 2.05) is 12.2 Å². The van der Waals surface area contributed by atoms with Crippen molar-refractivity contribution in [1.82, 2.24) is 0 Å². The first-order valence-electron chi connectivity index (χ1n) is 5.80. The van der Waals surface area contributed by atoms with E-state index in [0.29, 0.717) is 0 Å². The summed E-state index contributed by atoms with van der Waals surface area (Å²) >= 11 is 0. The Morgan fingerprint density at radius 1 is 0.938 bits per heavy atom. The molecule has 0 spiro atoms. The van der Waals surface area contributed by atoms with Crippen LogP contribution in [0, 0.1) is 0 Å². The van der Waals surface area contributed by atoms with Crippen molar-refractivity contribution in [3.8, 4) is 0 Å². The summed E-state index contributed by atoms with van der Waals surface area (Å²) in [6.45, 7) is 18.6. The van der Waals surface area contributed by atoms with Crippen LogP contribution >= 0.6 is 0 Å². The smallest absolute Gasteiger partial charge is 0.297 e. The molecule has 0 aliphatic carbocycles. The van der Waals surface area contributed by atoms with Crippen molar-refractivity contribution in [3.63, 3.8) is 0 Å². The van der Waals surface area contributed by atoms with Crippen molar-refractivity contribution >= 4 is 25.9 Å². The summed E-state index contributed by atoms with van der Waals surface area (Å²) in [6.07, 6.45) is 3.92. The summed E-state index contributed by atoms with van der Waals surface area (Å²) in [5, 5.41) is 0. The SMILES string of the molecule is C=CC[Si](C)(C)O[SiH](C)O[Si](C)(C)CC=C. The second kappa shape index (κ2) is 6.71. The fraction of sp³-hybridized carbons (Fsp3) is 0.636. The highest BCUT2D eigenvalue weighted by atomic mass is 28.4. The lowest BCUT2D eigenvalue weighted by molar-refractivity contribution is 0.424. The van der Waals surface area contributed by atoms with Crippen molar-refractivity contribution in [2.75, 3.05) is 0 Å². The van der Waals surface area contributed by atoms with E-state index in [0.717, 1.165) is 12.1 Å². The van der Waals surface area contributed by atoms with Gasteiger partial charge >= 0.3 is 0 Å². The Morgan fingerprint density at radius 2 is 1.25 bits per heavy atom. The standard InChI is InChI=1S/C11H26O2Si3/c1-8-10-15(4,5)12-14(3)13-16(6,7)11-9-2/h8-9,14H,1-2,10-11H2,3-7H3. The molecule has 0 rings (SSSR count). The van der Waals surface area contributed by atoms with Gasteiger partial charge in [-0.25, -0.2) is 0 Å². The van der Waals surface area contributed by atoms with Crippen LogP contribution in [0.2, 0.25) is 44.8 Å². The predicted octanol–water partition coefficient (Wildman–Crippen LogP) is 3.65. The average Bonchev–Trinajstić information content (AvgIpc) is 1.99. The maximum Gasteiger partial charge on any atom is 0.297 e. The van der Waals surface area contributed by atoms with E-state index in [1.54, 1.807) is 0 Å². The molecule has 0 heterocycles. The van der Waals surface area contributed by atoms with E-state index in [9.17, 15) is 0 Å². The van der Waals surface area contributed by atoms with Crippen LogP contribution in [-0.4, -0.2) is 25.9 Å². The van der Waals surface area contributed by atoms with Crippen LogP contribution in [0.4, 0.5) is 0 Å². The predicted molar refractivity (Wildman–Crippen MR) is 80.2 cm³/mol. The zero-order chi connectivity index (χ0) is 12.8. The van der Waals surface area contributed by atoms with Gasteiger partial charge in [-0.1, -0.05) is 12.2 Å². The molecule has 94 valence electrons. The minimum Gasteiger partial charge on any atom is -0.438 e. The Kier molecular flexibility index (Phi) is 6.73. The number of rotatable bonds is 8. The summed E-state index contributed by atoms with van der Waals surface area (Å²) in [5.74, 6) is 0. The molecule has 16 heavy (non-hydrogen) atoms. The summed E-state index contributed by atoms with van der Waals surface area (Å²) in [6, 6.07) is 1.99. The third kappa shape index (κ3) is 7.34. The van der Waals surface area contributed by atoms with Gasteiger partial charge < -0.3 is 8.23 Å². The topological polar surface area (TPSA) is 18.5 Å². The van der Waals surface area contributed by atoms with E-state index in [4.69, 9.17) is 8.23 Å². The number of hydrogen-bond donors (Lipinski definition) is 0. The van der Waals surface area contributed by atoms with E-state index in [1.165, 1.54) is 0 Å². The molecule has 0 amide bonds. The molecule has 0 N–H and O–H groups in total. The molecule has 0 atom stereocenters. The summed E-state index contributed by atoms with van der Waals surface area (Å²) in [5.41, 5.74) is 0. The molecular formula is C11H26O2Si3. The van der Waals surface area contributed by atoms with Gasteiger partial charge in [0.15, 0.2) is 16.6 Å². The summed E-state index contributed by atoms with van der Waals surface area (Å²) in [7, 11) is -4.64. The fourth-order valence-corrected chi connectivity index (χ4v) is 11.7. The molecule has 0 unspecified atom stereocenters. The molecule has 0 aromatic carbocycles. The Bertz CT molecular complexity index is 215. The first-order chi connectivity index (χ1) is 7.22. The second-order valence-corrected chi connectivity index (χ2v) is 16.2. The van der Waals surface area contributed by atoms with Crippen molar-refractivity contribution in [2.24, 2.45) is 0 Å². The molecule has 0 aliphatic rings. The van der Waals surface area contributed by atoms with Crippen LogP contribution in [-0.2, 0) is 8.23 Å². The maximum atomic E-state index is 6.15. The van der Waals surface area contributed by atoms with Gasteiger partial charge in [0, 0.05) is 0 Å². The Labute approximate surface area is 104 Å². The highest BCUT2D eigenvalue weighted by molar-refractivity contribution is 6.82. The Morgan fingerprint density at radius 3 is 1.50 bits per heavy atom. The first-order valence-corrected chi connectivity index (χ1v) is 14.1. The number of hydrogen-bond acceptors (Lipinski definition) is 2. The molecule has 2 nitrogen and oxygen atoms in total. The first kappa shape index (κ1) is 16.1. The van der Waals surface area contributed by atoms with E-state index < -0.39 is 25.9 Å². The van der Waals surface area contributed by atoms with Crippen LogP contribution in [0.15, 0.2) is 25.3 Å². The molecule has 0 aromatic heterocycles. The lowest BCUT2D eigenvalue weighted by Gasteiger charge is -2.31. The highest BCUT2D eigenvalue weighted by Gasteiger charge is 2.29. The molecule has 0 aromatic rings. The van der Waals surface area contributed by atoms with Gasteiger partial charge in [0.1, 0.15) is 0 Å². The van der Waals surface area contributed by atoms with E-state index in [2.05, 4.69) is 45.9 Å². The van der Waals surface area contributed by atoms with Gasteiger partial charge in [0.05, 0.1) is 0 Å². The van der Waals surface area contributed by atoms with Crippen LogP contribution in [0.25, 0.3) is 0 Å². The zero-order valence-electron chi connectivity index (χ0n) is 11.4.